The van der Waals surface area contributed by atoms with E-state index in [1.165, 1.54) is 6.33 Å². The van der Waals surface area contributed by atoms with Gasteiger partial charge in [-0.2, -0.15) is 5.10 Å². The summed E-state index contributed by atoms with van der Waals surface area (Å²) >= 11 is 0. The molecule has 2 heterocycles. The van der Waals surface area contributed by atoms with Crippen molar-refractivity contribution in [1.29, 1.82) is 0 Å². The lowest BCUT2D eigenvalue weighted by Gasteiger charge is -2.25. The second-order valence-electron chi connectivity index (χ2n) is 4.81. The standard InChI is InChI=1S/C11H15N5O2/c1-11(2,4-8(17)18)15-9-7-5-14-16(3)10(7)13-6-12-9/h5-6H,4H2,1-3H3,(H,17,18)(H,12,13,15). The summed E-state index contributed by atoms with van der Waals surface area (Å²) in [6, 6.07) is 0. The van der Waals surface area contributed by atoms with Crippen LogP contribution in [-0.4, -0.2) is 36.4 Å². The number of hydrogen-bond donors (Lipinski definition) is 2. The van der Waals surface area contributed by atoms with Crippen LogP contribution in [0.3, 0.4) is 0 Å². The molecule has 0 unspecified atom stereocenters. The Morgan fingerprint density at radius 3 is 2.89 bits per heavy atom. The SMILES string of the molecule is Cn1ncc2c(NC(C)(C)CC(=O)O)ncnc21. The average Bonchev–Trinajstić information content (AvgIpc) is 2.59. The first-order valence-electron chi connectivity index (χ1n) is 5.52. The Balaban J connectivity index is 2.34. The van der Waals surface area contributed by atoms with Crippen LogP contribution < -0.4 is 5.32 Å². The molecule has 0 aliphatic heterocycles. The third kappa shape index (κ3) is 2.39. The number of aryl methyl sites for hydroxylation is 1. The van der Waals surface area contributed by atoms with Crippen LogP contribution in [0.5, 0.6) is 0 Å². The average molecular weight is 249 g/mol. The number of aliphatic carboxylic acids is 1. The van der Waals surface area contributed by atoms with Crippen molar-refractivity contribution in [3.63, 3.8) is 0 Å². The second-order valence-corrected chi connectivity index (χ2v) is 4.81. The summed E-state index contributed by atoms with van der Waals surface area (Å²) in [5.41, 5.74) is 0.113. The molecule has 7 heteroatoms. The summed E-state index contributed by atoms with van der Waals surface area (Å²) in [4.78, 5) is 19.1. The van der Waals surface area contributed by atoms with E-state index in [-0.39, 0.29) is 6.42 Å². The number of hydrogen-bond acceptors (Lipinski definition) is 5. The number of carboxylic acid groups (broad SMARTS) is 1. The van der Waals surface area contributed by atoms with Gasteiger partial charge in [-0.3, -0.25) is 9.48 Å². The Labute approximate surface area is 104 Å². The van der Waals surface area contributed by atoms with Crippen molar-refractivity contribution in [2.45, 2.75) is 25.8 Å². The minimum absolute atomic E-state index is 0.00123. The normalized spacial score (nSPS) is 11.7. The molecule has 0 aliphatic carbocycles. The Bertz CT molecular complexity index is 590. The van der Waals surface area contributed by atoms with E-state index in [1.807, 2.05) is 13.8 Å². The lowest BCUT2D eigenvalue weighted by Crippen LogP contribution is -2.34. The molecule has 0 saturated carbocycles. The van der Waals surface area contributed by atoms with Gasteiger partial charge in [-0.15, -0.1) is 0 Å². The number of fused-ring (bicyclic) bond motifs is 1. The van der Waals surface area contributed by atoms with Gasteiger partial charge in [0.1, 0.15) is 12.1 Å². The quantitative estimate of drug-likeness (QED) is 0.840. The first kappa shape index (κ1) is 12.3. The number of carbonyl (C=O) groups is 1. The highest BCUT2D eigenvalue weighted by atomic mass is 16.4. The van der Waals surface area contributed by atoms with Crippen LogP contribution in [0.4, 0.5) is 5.82 Å². The molecular formula is C11H15N5O2. The van der Waals surface area contributed by atoms with Crippen molar-refractivity contribution < 1.29 is 9.90 Å². The highest BCUT2D eigenvalue weighted by Crippen LogP contribution is 2.22. The fraction of sp³-hybridized carbons (Fsp3) is 0.455. The molecule has 0 fully saturated rings. The molecule has 0 atom stereocenters. The molecule has 0 amide bonds. The smallest absolute Gasteiger partial charge is 0.305 e. The molecule has 7 nitrogen and oxygen atoms in total. The van der Waals surface area contributed by atoms with E-state index in [1.54, 1.807) is 17.9 Å². The van der Waals surface area contributed by atoms with E-state index in [4.69, 9.17) is 5.11 Å². The van der Waals surface area contributed by atoms with Crippen LogP contribution in [0.2, 0.25) is 0 Å². The summed E-state index contributed by atoms with van der Waals surface area (Å²) in [6.07, 6.45) is 3.09. The molecule has 0 spiro atoms. The van der Waals surface area contributed by atoms with E-state index in [0.29, 0.717) is 11.5 Å². The van der Waals surface area contributed by atoms with Gasteiger partial charge in [0.25, 0.3) is 0 Å². The van der Waals surface area contributed by atoms with Crippen molar-refractivity contribution in [3.8, 4) is 0 Å². The maximum absolute atomic E-state index is 10.8. The summed E-state index contributed by atoms with van der Waals surface area (Å²) < 4.78 is 1.65. The number of carboxylic acids is 1. The van der Waals surface area contributed by atoms with Gasteiger partial charge in [-0.05, 0) is 13.8 Å². The third-order valence-electron chi connectivity index (χ3n) is 2.58. The minimum atomic E-state index is -0.857. The van der Waals surface area contributed by atoms with E-state index in [9.17, 15) is 4.79 Å². The van der Waals surface area contributed by atoms with Crippen molar-refractivity contribution in [3.05, 3.63) is 12.5 Å². The molecule has 18 heavy (non-hydrogen) atoms. The Morgan fingerprint density at radius 1 is 1.50 bits per heavy atom. The zero-order valence-electron chi connectivity index (χ0n) is 10.5. The first-order valence-corrected chi connectivity index (χ1v) is 5.52. The van der Waals surface area contributed by atoms with Gasteiger partial charge in [0.05, 0.1) is 18.0 Å². The third-order valence-corrected chi connectivity index (χ3v) is 2.58. The number of nitrogens with zero attached hydrogens (tertiary/aromatic N) is 4. The fourth-order valence-corrected chi connectivity index (χ4v) is 1.80. The van der Waals surface area contributed by atoms with Crippen LogP contribution >= 0.6 is 0 Å². The van der Waals surface area contributed by atoms with Crippen LogP contribution in [0.25, 0.3) is 11.0 Å². The van der Waals surface area contributed by atoms with Crippen LogP contribution in [0.15, 0.2) is 12.5 Å². The second kappa shape index (κ2) is 4.25. The molecule has 0 aliphatic rings. The van der Waals surface area contributed by atoms with E-state index < -0.39 is 11.5 Å². The van der Waals surface area contributed by atoms with Crippen LogP contribution in [0.1, 0.15) is 20.3 Å². The summed E-state index contributed by atoms with van der Waals surface area (Å²) in [5.74, 6) is -0.261. The van der Waals surface area contributed by atoms with Gasteiger partial charge in [0, 0.05) is 12.6 Å². The van der Waals surface area contributed by atoms with Crippen molar-refractivity contribution in [2.75, 3.05) is 5.32 Å². The van der Waals surface area contributed by atoms with Gasteiger partial charge >= 0.3 is 5.97 Å². The first-order chi connectivity index (χ1) is 8.39. The lowest BCUT2D eigenvalue weighted by molar-refractivity contribution is -0.137. The van der Waals surface area contributed by atoms with Gasteiger partial charge < -0.3 is 10.4 Å². The lowest BCUT2D eigenvalue weighted by atomic mass is 10.0. The maximum atomic E-state index is 10.8. The molecular weight excluding hydrogens is 234 g/mol. The minimum Gasteiger partial charge on any atom is -0.481 e. The fourth-order valence-electron chi connectivity index (χ4n) is 1.80. The van der Waals surface area contributed by atoms with E-state index in [0.717, 1.165) is 5.39 Å². The molecule has 0 radical (unpaired) electrons. The monoisotopic (exact) mass is 249 g/mol. The zero-order chi connectivity index (χ0) is 13.3. The molecule has 96 valence electrons. The Kier molecular flexibility index (Phi) is 2.90. The number of anilines is 1. The summed E-state index contributed by atoms with van der Waals surface area (Å²) in [7, 11) is 1.79. The van der Waals surface area contributed by atoms with E-state index >= 15 is 0 Å². The largest absolute Gasteiger partial charge is 0.481 e. The predicted octanol–water partition coefficient (Wildman–Crippen LogP) is 1.03. The van der Waals surface area contributed by atoms with E-state index in [2.05, 4.69) is 20.4 Å². The summed E-state index contributed by atoms with van der Waals surface area (Å²) in [5, 5.41) is 16.9. The highest BCUT2D eigenvalue weighted by molar-refractivity contribution is 5.86. The topological polar surface area (TPSA) is 92.9 Å². The number of nitrogens with one attached hydrogen (secondary N) is 1. The molecule has 2 N–H and O–H groups in total. The molecule has 0 bridgehead atoms. The number of rotatable bonds is 4. The highest BCUT2D eigenvalue weighted by Gasteiger charge is 2.23. The molecule has 0 saturated heterocycles. The Hall–Kier alpha value is -2.18. The van der Waals surface area contributed by atoms with Gasteiger partial charge in [0.2, 0.25) is 0 Å². The van der Waals surface area contributed by atoms with Crippen molar-refractivity contribution >= 4 is 22.8 Å². The van der Waals surface area contributed by atoms with Crippen molar-refractivity contribution in [2.24, 2.45) is 7.05 Å². The molecule has 2 rings (SSSR count). The number of aromatic nitrogens is 4. The summed E-state index contributed by atoms with van der Waals surface area (Å²) in [6.45, 7) is 3.62. The Morgan fingerprint density at radius 2 is 2.22 bits per heavy atom. The molecule has 2 aromatic heterocycles. The van der Waals surface area contributed by atoms with Gasteiger partial charge in [-0.25, -0.2) is 9.97 Å². The van der Waals surface area contributed by atoms with Crippen LogP contribution in [0, 0.1) is 0 Å². The van der Waals surface area contributed by atoms with Crippen LogP contribution in [-0.2, 0) is 11.8 Å². The van der Waals surface area contributed by atoms with Gasteiger partial charge in [0.15, 0.2) is 5.65 Å². The van der Waals surface area contributed by atoms with Gasteiger partial charge in [-0.1, -0.05) is 0 Å². The van der Waals surface area contributed by atoms with Crippen molar-refractivity contribution in [1.82, 2.24) is 19.7 Å². The zero-order valence-corrected chi connectivity index (χ0v) is 10.5. The predicted molar refractivity (Wildman–Crippen MR) is 66.3 cm³/mol. The molecule has 0 aromatic carbocycles. The molecule has 2 aromatic rings. The maximum Gasteiger partial charge on any atom is 0.305 e.